The minimum absolute atomic E-state index is 0.0761. The highest BCUT2D eigenvalue weighted by Gasteiger charge is 2.13. The number of anilines is 1. The molecule has 32 heavy (non-hydrogen) atoms. The zero-order chi connectivity index (χ0) is 22.7. The molecule has 0 aliphatic heterocycles. The lowest BCUT2D eigenvalue weighted by atomic mass is 10.2. The van der Waals surface area contributed by atoms with Crippen LogP contribution in [0.3, 0.4) is 0 Å². The Hall–Kier alpha value is -2.88. The quantitative estimate of drug-likeness (QED) is 0.331. The molecule has 2 aromatic heterocycles. The first-order valence-electron chi connectivity index (χ1n) is 9.28. The molecule has 4 rings (SSSR count). The third kappa shape index (κ3) is 5.29. The number of amides is 1. The van der Waals surface area contributed by atoms with Gasteiger partial charge >= 0.3 is 0 Å². The Bertz CT molecular complexity index is 1260. The monoisotopic (exact) mass is 537 g/mol. The molecule has 0 aliphatic carbocycles. The van der Waals surface area contributed by atoms with Gasteiger partial charge in [-0.25, -0.2) is 9.07 Å². The number of hydrogen-bond acceptors (Lipinski definition) is 4. The van der Waals surface area contributed by atoms with Crippen molar-refractivity contribution in [3.05, 3.63) is 92.5 Å². The number of benzene rings is 2. The number of carbonyl (C=O) groups excluding carboxylic acids is 1. The van der Waals surface area contributed by atoms with Gasteiger partial charge in [0.2, 0.25) is 0 Å². The van der Waals surface area contributed by atoms with E-state index in [1.54, 1.807) is 42.7 Å². The molecule has 0 saturated heterocycles. The SMILES string of the molecule is O=C(Nc1ccn(Cc2c(F)cccc2Cl)n1)c1ccn(COc2ccc(Br)cc2Cl)n1. The highest BCUT2D eigenvalue weighted by atomic mass is 79.9. The molecule has 164 valence electrons. The molecule has 0 atom stereocenters. The molecule has 2 aromatic carbocycles. The number of ether oxygens (including phenoxy) is 1. The molecule has 1 amide bonds. The smallest absolute Gasteiger partial charge is 0.277 e. The predicted octanol–water partition coefficient (Wildman–Crippen LogP) is 5.63. The highest BCUT2D eigenvalue weighted by molar-refractivity contribution is 9.10. The van der Waals surface area contributed by atoms with Crippen molar-refractivity contribution >= 4 is 50.9 Å². The largest absolute Gasteiger partial charge is 0.470 e. The van der Waals surface area contributed by atoms with Crippen LogP contribution in [0.4, 0.5) is 10.2 Å². The van der Waals surface area contributed by atoms with Gasteiger partial charge in [0, 0.05) is 33.5 Å². The van der Waals surface area contributed by atoms with E-state index in [0.717, 1.165) is 4.47 Å². The number of aromatic nitrogens is 4. The van der Waals surface area contributed by atoms with E-state index in [0.29, 0.717) is 27.2 Å². The summed E-state index contributed by atoms with van der Waals surface area (Å²) in [7, 11) is 0. The minimum atomic E-state index is -0.445. The Morgan fingerprint density at radius 1 is 1.06 bits per heavy atom. The summed E-state index contributed by atoms with van der Waals surface area (Å²) in [5.74, 6) is -0.0675. The van der Waals surface area contributed by atoms with Gasteiger partial charge in [0.1, 0.15) is 11.6 Å². The van der Waals surface area contributed by atoms with Crippen LogP contribution in [0.1, 0.15) is 16.1 Å². The van der Waals surface area contributed by atoms with Crippen molar-refractivity contribution in [2.45, 2.75) is 13.3 Å². The van der Waals surface area contributed by atoms with Crippen molar-refractivity contribution in [3.63, 3.8) is 0 Å². The van der Waals surface area contributed by atoms with Crippen molar-refractivity contribution in [3.8, 4) is 5.75 Å². The van der Waals surface area contributed by atoms with Gasteiger partial charge in [-0.05, 0) is 36.4 Å². The maximum atomic E-state index is 14.0. The fraction of sp³-hybridized carbons (Fsp3) is 0.0952. The van der Waals surface area contributed by atoms with Crippen molar-refractivity contribution in [1.29, 1.82) is 0 Å². The summed E-state index contributed by atoms with van der Waals surface area (Å²) in [5, 5.41) is 11.8. The number of carbonyl (C=O) groups is 1. The molecular formula is C21H15BrCl2FN5O2. The van der Waals surface area contributed by atoms with E-state index in [1.807, 2.05) is 6.07 Å². The van der Waals surface area contributed by atoms with E-state index < -0.39 is 11.7 Å². The highest BCUT2D eigenvalue weighted by Crippen LogP contribution is 2.28. The van der Waals surface area contributed by atoms with Gasteiger partial charge in [-0.1, -0.05) is 45.2 Å². The van der Waals surface area contributed by atoms with Crippen LogP contribution in [-0.4, -0.2) is 25.5 Å². The molecule has 0 bridgehead atoms. The molecule has 0 unspecified atom stereocenters. The van der Waals surface area contributed by atoms with Gasteiger partial charge in [0.05, 0.1) is 11.6 Å². The molecule has 2 heterocycles. The van der Waals surface area contributed by atoms with Crippen molar-refractivity contribution in [2.75, 3.05) is 5.32 Å². The number of halogens is 4. The summed E-state index contributed by atoms with van der Waals surface area (Å²) in [5.41, 5.74) is 0.502. The molecule has 1 N–H and O–H groups in total. The topological polar surface area (TPSA) is 74.0 Å². The first-order chi connectivity index (χ1) is 15.4. The third-order valence-corrected chi connectivity index (χ3v) is 5.53. The summed E-state index contributed by atoms with van der Waals surface area (Å²) < 4.78 is 23.4. The Labute approximate surface area is 200 Å². The van der Waals surface area contributed by atoms with Crippen molar-refractivity contribution < 1.29 is 13.9 Å². The molecule has 0 spiro atoms. The Morgan fingerprint density at radius 3 is 2.66 bits per heavy atom. The zero-order valence-electron chi connectivity index (χ0n) is 16.3. The fourth-order valence-electron chi connectivity index (χ4n) is 2.82. The first-order valence-corrected chi connectivity index (χ1v) is 10.8. The summed E-state index contributed by atoms with van der Waals surface area (Å²) in [6.07, 6.45) is 3.23. The van der Waals surface area contributed by atoms with Crippen molar-refractivity contribution in [1.82, 2.24) is 19.6 Å². The van der Waals surface area contributed by atoms with Crippen LogP contribution >= 0.6 is 39.1 Å². The van der Waals surface area contributed by atoms with Gasteiger partial charge in [-0.2, -0.15) is 10.2 Å². The Kier molecular flexibility index (Phi) is 6.78. The molecule has 11 heteroatoms. The molecule has 0 saturated carbocycles. The van der Waals surface area contributed by atoms with Crippen LogP contribution in [0, 0.1) is 5.82 Å². The van der Waals surface area contributed by atoms with E-state index in [9.17, 15) is 9.18 Å². The van der Waals surface area contributed by atoms with Gasteiger partial charge in [-0.3, -0.25) is 9.48 Å². The predicted molar refractivity (Wildman–Crippen MR) is 123 cm³/mol. The van der Waals surface area contributed by atoms with Crippen LogP contribution in [0.25, 0.3) is 0 Å². The molecule has 7 nitrogen and oxygen atoms in total. The molecular weight excluding hydrogens is 524 g/mol. The summed E-state index contributed by atoms with van der Waals surface area (Å²) >= 11 is 15.5. The summed E-state index contributed by atoms with van der Waals surface area (Å²) in [4.78, 5) is 12.5. The molecule has 4 aromatic rings. The minimum Gasteiger partial charge on any atom is -0.470 e. The second kappa shape index (κ2) is 9.72. The zero-order valence-corrected chi connectivity index (χ0v) is 19.4. The van der Waals surface area contributed by atoms with Gasteiger partial charge in [0.15, 0.2) is 18.2 Å². The number of rotatable bonds is 7. The standard InChI is InChI=1S/C21H15BrCl2FN5O2/c22-13-4-5-19(16(24)10-13)32-12-30-8-6-18(27-30)21(31)26-20-7-9-29(28-20)11-14-15(23)2-1-3-17(14)25/h1-10H,11-12H2,(H,26,28,31). The number of hydrogen-bond donors (Lipinski definition) is 1. The Balaban J connectivity index is 1.36. The van der Waals surface area contributed by atoms with Crippen LogP contribution in [0.15, 0.2) is 65.4 Å². The third-order valence-electron chi connectivity index (χ3n) is 4.38. The van der Waals surface area contributed by atoms with E-state index in [4.69, 9.17) is 27.9 Å². The maximum Gasteiger partial charge on any atom is 0.277 e. The lowest BCUT2D eigenvalue weighted by molar-refractivity contribution is 0.101. The lowest BCUT2D eigenvalue weighted by Crippen LogP contribution is -2.15. The maximum absolute atomic E-state index is 14.0. The van der Waals surface area contributed by atoms with E-state index in [2.05, 4.69) is 31.4 Å². The van der Waals surface area contributed by atoms with Gasteiger partial charge in [0.25, 0.3) is 5.91 Å². The van der Waals surface area contributed by atoms with Gasteiger partial charge < -0.3 is 10.1 Å². The summed E-state index contributed by atoms with van der Waals surface area (Å²) in [6.45, 7) is 0.207. The average Bonchev–Trinajstić information content (AvgIpc) is 3.40. The van der Waals surface area contributed by atoms with Crippen LogP contribution < -0.4 is 10.1 Å². The summed E-state index contributed by atoms with van der Waals surface area (Å²) in [6, 6.07) is 12.9. The van der Waals surface area contributed by atoms with E-state index in [1.165, 1.54) is 21.5 Å². The second-order valence-electron chi connectivity index (χ2n) is 6.64. The lowest BCUT2D eigenvalue weighted by Gasteiger charge is -2.08. The van der Waals surface area contributed by atoms with Crippen LogP contribution in [-0.2, 0) is 13.3 Å². The molecule has 0 fully saturated rings. The Morgan fingerprint density at radius 2 is 1.88 bits per heavy atom. The second-order valence-corrected chi connectivity index (χ2v) is 8.37. The normalized spacial score (nSPS) is 10.9. The van der Waals surface area contributed by atoms with Gasteiger partial charge in [-0.15, -0.1) is 0 Å². The van der Waals surface area contributed by atoms with E-state index >= 15 is 0 Å². The first kappa shape index (κ1) is 22.3. The van der Waals surface area contributed by atoms with E-state index in [-0.39, 0.29) is 19.0 Å². The van der Waals surface area contributed by atoms with Crippen molar-refractivity contribution in [2.24, 2.45) is 0 Å². The number of nitrogens with one attached hydrogen (secondary N) is 1. The fourth-order valence-corrected chi connectivity index (χ4v) is 3.78. The average molecular weight is 539 g/mol. The molecule has 0 aliphatic rings. The van der Waals surface area contributed by atoms with Crippen LogP contribution in [0.5, 0.6) is 5.75 Å². The molecule has 0 radical (unpaired) electrons. The number of nitrogens with zero attached hydrogens (tertiary/aromatic N) is 4. The van der Waals surface area contributed by atoms with Crippen LogP contribution in [0.2, 0.25) is 10.0 Å².